The normalized spacial score (nSPS) is 22.5. The molecule has 142 valence electrons. The van der Waals surface area contributed by atoms with Gasteiger partial charge in [0.1, 0.15) is 0 Å². The van der Waals surface area contributed by atoms with Crippen LogP contribution in [-0.2, 0) is 10.0 Å². The van der Waals surface area contributed by atoms with Crippen LogP contribution in [0.5, 0.6) is 0 Å². The summed E-state index contributed by atoms with van der Waals surface area (Å²) in [6, 6.07) is 6.11. The zero-order valence-corrected chi connectivity index (χ0v) is 16.5. The maximum absolute atomic E-state index is 13.2. The van der Waals surface area contributed by atoms with Crippen LogP contribution >= 0.6 is 0 Å². The number of piperazine rings is 1. The maximum Gasteiger partial charge on any atom is 0.266 e. The van der Waals surface area contributed by atoms with Crippen molar-refractivity contribution in [1.82, 2.24) is 14.1 Å². The van der Waals surface area contributed by atoms with E-state index in [1.807, 2.05) is 19.9 Å². The second-order valence-corrected chi connectivity index (χ2v) is 9.48. The van der Waals surface area contributed by atoms with Crippen LogP contribution in [-0.4, -0.2) is 73.8 Å². The molecule has 1 aliphatic carbocycles. The van der Waals surface area contributed by atoms with E-state index >= 15 is 0 Å². The minimum atomic E-state index is -3.55. The number of hydrogen-bond acceptors (Lipinski definition) is 5. The highest BCUT2D eigenvalue weighted by molar-refractivity contribution is 7.89. The molecular weight excluding hydrogens is 348 g/mol. The molecule has 1 saturated carbocycles. The molecule has 0 spiro atoms. The Bertz CT molecular complexity index is 809. The monoisotopic (exact) mass is 376 g/mol. The number of aryl methyl sites for hydroxylation is 2. The summed E-state index contributed by atoms with van der Waals surface area (Å²) in [6.07, 6.45) is 3.97. The van der Waals surface area contributed by atoms with Gasteiger partial charge in [-0.05, 0) is 49.9 Å². The van der Waals surface area contributed by atoms with E-state index < -0.39 is 10.0 Å². The number of hydrogen-bond donors (Lipinski definition) is 0. The first-order valence-electron chi connectivity index (χ1n) is 9.60. The van der Waals surface area contributed by atoms with E-state index in [1.54, 1.807) is 12.1 Å². The predicted octanol–water partition coefficient (Wildman–Crippen LogP) is 1.83. The number of rotatable bonds is 3. The smallest absolute Gasteiger partial charge is 0.266 e. The van der Waals surface area contributed by atoms with Crippen molar-refractivity contribution in [2.24, 2.45) is 4.99 Å². The minimum Gasteiger partial charge on any atom is -0.339 e. The van der Waals surface area contributed by atoms with Gasteiger partial charge in [0, 0.05) is 32.2 Å². The standard InChI is InChI=1S/C19H28N4O2S/c1-15-6-7-18(14-16(15)2)26(24,25)23-9-8-20-19(23)22-12-10-21(11-13-22)17-4-3-5-17/h6-7,14,17H,3-5,8-13H2,1-2H3. The fourth-order valence-electron chi connectivity index (χ4n) is 3.95. The quantitative estimate of drug-likeness (QED) is 0.808. The molecule has 2 heterocycles. The molecule has 2 fully saturated rings. The van der Waals surface area contributed by atoms with Crippen molar-refractivity contribution in [2.45, 2.75) is 44.0 Å². The van der Waals surface area contributed by atoms with Crippen LogP contribution < -0.4 is 0 Å². The van der Waals surface area contributed by atoms with Crippen molar-refractivity contribution in [2.75, 3.05) is 39.3 Å². The van der Waals surface area contributed by atoms with Gasteiger partial charge in [0.15, 0.2) is 0 Å². The molecule has 6 nitrogen and oxygen atoms in total. The Balaban J connectivity index is 1.50. The lowest BCUT2D eigenvalue weighted by atomic mass is 9.91. The largest absolute Gasteiger partial charge is 0.339 e. The molecule has 0 amide bonds. The summed E-state index contributed by atoms with van der Waals surface area (Å²) in [5.41, 5.74) is 2.10. The van der Waals surface area contributed by atoms with Crippen LogP contribution in [0.1, 0.15) is 30.4 Å². The fraction of sp³-hybridized carbons (Fsp3) is 0.632. The van der Waals surface area contributed by atoms with Gasteiger partial charge in [0.05, 0.1) is 18.0 Å². The number of guanidine groups is 1. The van der Waals surface area contributed by atoms with Crippen molar-refractivity contribution >= 4 is 16.0 Å². The SMILES string of the molecule is Cc1ccc(S(=O)(=O)N2CCN=C2N2CCN(C3CCC3)CC2)cc1C. The van der Waals surface area contributed by atoms with E-state index in [1.165, 1.54) is 23.6 Å². The third-order valence-corrected chi connectivity index (χ3v) is 7.81. The van der Waals surface area contributed by atoms with Gasteiger partial charge < -0.3 is 4.90 Å². The van der Waals surface area contributed by atoms with Gasteiger partial charge in [-0.2, -0.15) is 0 Å². The van der Waals surface area contributed by atoms with Gasteiger partial charge in [-0.25, -0.2) is 12.7 Å². The van der Waals surface area contributed by atoms with Gasteiger partial charge >= 0.3 is 0 Å². The summed E-state index contributed by atoms with van der Waals surface area (Å²) in [5, 5.41) is 0. The highest BCUT2D eigenvalue weighted by atomic mass is 32.2. The van der Waals surface area contributed by atoms with Crippen molar-refractivity contribution in [1.29, 1.82) is 0 Å². The fourth-order valence-corrected chi connectivity index (χ4v) is 5.48. The van der Waals surface area contributed by atoms with Crippen LogP contribution in [0, 0.1) is 13.8 Å². The first-order valence-corrected chi connectivity index (χ1v) is 11.0. The van der Waals surface area contributed by atoms with Gasteiger partial charge in [-0.1, -0.05) is 12.5 Å². The molecule has 0 bridgehead atoms. The Hall–Kier alpha value is -1.60. The molecule has 0 radical (unpaired) electrons. The summed E-state index contributed by atoms with van der Waals surface area (Å²) < 4.78 is 27.9. The molecule has 1 saturated heterocycles. The predicted molar refractivity (Wildman–Crippen MR) is 103 cm³/mol. The van der Waals surface area contributed by atoms with E-state index in [-0.39, 0.29) is 0 Å². The Morgan fingerprint density at radius 2 is 1.73 bits per heavy atom. The molecular formula is C19H28N4O2S. The summed E-state index contributed by atoms with van der Waals surface area (Å²) in [7, 11) is -3.55. The first kappa shape index (κ1) is 17.8. The Morgan fingerprint density at radius 3 is 2.35 bits per heavy atom. The molecule has 2 aliphatic heterocycles. The Kier molecular flexibility index (Phi) is 4.69. The highest BCUT2D eigenvalue weighted by Gasteiger charge is 2.36. The molecule has 0 unspecified atom stereocenters. The van der Waals surface area contributed by atoms with Crippen LogP contribution in [0.15, 0.2) is 28.1 Å². The summed E-state index contributed by atoms with van der Waals surface area (Å²) in [5.74, 6) is 0.636. The van der Waals surface area contributed by atoms with Crippen molar-refractivity contribution in [3.63, 3.8) is 0 Å². The second kappa shape index (κ2) is 6.85. The van der Waals surface area contributed by atoms with Crippen molar-refractivity contribution < 1.29 is 8.42 Å². The van der Waals surface area contributed by atoms with Gasteiger partial charge in [-0.3, -0.25) is 9.89 Å². The maximum atomic E-state index is 13.2. The summed E-state index contributed by atoms with van der Waals surface area (Å²) >= 11 is 0. The minimum absolute atomic E-state index is 0.364. The lowest BCUT2D eigenvalue weighted by Crippen LogP contribution is -2.56. The Morgan fingerprint density at radius 1 is 1.00 bits per heavy atom. The average Bonchev–Trinajstić information content (AvgIpc) is 3.07. The van der Waals surface area contributed by atoms with Crippen molar-refractivity contribution in [3.8, 4) is 0 Å². The van der Waals surface area contributed by atoms with Crippen LogP contribution in [0.3, 0.4) is 0 Å². The topological polar surface area (TPSA) is 56.2 Å². The molecule has 0 atom stereocenters. The molecule has 3 aliphatic rings. The van der Waals surface area contributed by atoms with Crippen molar-refractivity contribution in [3.05, 3.63) is 29.3 Å². The molecule has 1 aromatic rings. The second-order valence-electron chi connectivity index (χ2n) is 7.61. The van der Waals surface area contributed by atoms with E-state index in [2.05, 4.69) is 14.8 Å². The van der Waals surface area contributed by atoms with Gasteiger partial charge in [0.25, 0.3) is 10.0 Å². The molecule has 4 rings (SSSR count). The molecule has 0 aromatic heterocycles. The van der Waals surface area contributed by atoms with E-state index in [0.29, 0.717) is 23.9 Å². The zero-order chi connectivity index (χ0) is 18.3. The number of benzene rings is 1. The lowest BCUT2D eigenvalue weighted by Gasteiger charge is -2.44. The highest BCUT2D eigenvalue weighted by Crippen LogP contribution is 2.27. The van der Waals surface area contributed by atoms with E-state index in [4.69, 9.17) is 0 Å². The number of sulfonamides is 1. The van der Waals surface area contributed by atoms with E-state index in [9.17, 15) is 8.42 Å². The van der Waals surface area contributed by atoms with Gasteiger partial charge in [0.2, 0.25) is 5.96 Å². The summed E-state index contributed by atoms with van der Waals surface area (Å²) in [6.45, 7) is 8.64. The third kappa shape index (κ3) is 3.11. The molecule has 7 heteroatoms. The van der Waals surface area contributed by atoms with Gasteiger partial charge in [-0.15, -0.1) is 0 Å². The number of nitrogens with zero attached hydrogens (tertiary/aromatic N) is 4. The molecule has 1 aromatic carbocycles. The number of aliphatic imine (C=N–C) groups is 1. The van der Waals surface area contributed by atoms with Crippen LogP contribution in [0.4, 0.5) is 0 Å². The summed E-state index contributed by atoms with van der Waals surface area (Å²) in [4.78, 5) is 9.62. The molecule has 0 N–H and O–H groups in total. The average molecular weight is 377 g/mol. The lowest BCUT2D eigenvalue weighted by molar-refractivity contribution is 0.0833. The van der Waals surface area contributed by atoms with E-state index in [0.717, 1.165) is 43.3 Å². The molecule has 26 heavy (non-hydrogen) atoms. The Labute approximate surface area is 156 Å². The van der Waals surface area contributed by atoms with Crippen LogP contribution in [0.2, 0.25) is 0 Å². The first-order chi connectivity index (χ1) is 12.5. The van der Waals surface area contributed by atoms with Crippen LogP contribution in [0.25, 0.3) is 0 Å². The third-order valence-electron chi connectivity index (χ3n) is 6.03. The zero-order valence-electron chi connectivity index (χ0n) is 15.7.